The minimum absolute atomic E-state index is 0.0281. The van der Waals surface area contributed by atoms with Crippen molar-refractivity contribution in [3.8, 4) is 0 Å². The van der Waals surface area contributed by atoms with Gasteiger partial charge < -0.3 is 0 Å². The van der Waals surface area contributed by atoms with Crippen LogP contribution in [0.5, 0.6) is 0 Å². The number of benzene rings is 2. The van der Waals surface area contributed by atoms with Gasteiger partial charge in [-0.25, -0.2) is 0 Å². The molecule has 0 fully saturated rings. The van der Waals surface area contributed by atoms with Crippen LogP contribution in [0.1, 0.15) is 17.9 Å². The van der Waals surface area contributed by atoms with Crippen molar-refractivity contribution in [3.05, 3.63) is 60.2 Å². The molecular formula is C14H13Cl. The van der Waals surface area contributed by atoms with Gasteiger partial charge in [-0.2, -0.15) is 0 Å². The van der Waals surface area contributed by atoms with Crippen molar-refractivity contribution in [1.82, 2.24) is 0 Å². The van der Waals surface area contributed by atoms with Gasteiger partial charge in [-0.1, -0.05) is 48.6 Å². The molecule has 2 aromatic rings. The minimum Gasteiger partial charge on any atom is -0.113 e. The van der Waals surface area contributed by atoms with Crippen molar-refractivity contribution in [1.29, 1.82) is 0 Å². The molecule has 2 aromatic carbocycles. The average Bonchev–Trinajstić information content (AvgIpc) is 2.29. The van der Waals surface area contributed by atoms with Gasteiger partial charge in [0.15, 0.2) is 0 Å². The minimum atomic E-state index is -0.0281. The molecule has 0 radical (unpaired) electrons. The summed E-state index contributed by atoms with van der Waals surface area (Å²) >= 11 is 6.22. The van der Waals surface area contributed by atoms with Crippen LogP contribution in [-0.4, -0.2) is 0 Å². The fourth-order valence-corrected chi connectivity index (χ4v) is 1.94. The Morgan fingerprint density at radius 2 is 1.80 bits per heavy atom. The van der Waals surface area contributed by atoms with E-state index in [4.69, 9.17) is 11.6 Å². The zero-order chi connectivity index (χ0) is 10.7. The Hall–Kier alpha value is -1.27. The number of allylic oxidation sites excluding steroid dienone is 2. The van der Waals surface area contributed by atoms with Crippen molar-refractivity contribution in [2.75, 3.05) is 0 Å². The van der Waals surface area contributed by atoms with Crippen LogP contribution in [0.3, 0.4) is 0 Å². The number of fused-ring (bicyclic) bond motifs is 1. The van der Waals surface area contributed by atoms with Gasteiger partial charge in [0, 0.05) is 0 Å². The quantitative estimate of drug-likeness (QED) is 0.505. The first-order valence-electron chi connectivity index (χ1n) is 5.07. The molecule has 15 heavy (non-hydrogen) atoms. The number of hydrogen-bond acceptors (Lipinski definition) is 0. The van der Waals surface area contributed by atoms with Gasteiger partial charge in [0.1, 0.15) is 0 Å². The first kappa shape index (κ1) is 10.3. The molecule has 0 saturated carbocycles. The zero-order valence-corrected chi connectivity index (χ0v) is 9.41. The second-order valence-corrected chi connectivity index (χ2v) is 4.00. The summed E-state index contributed by atoms with van der Waals surface area (Å²) in [5, 5.41) is 2.47. The molecule has 0 aliphatic heterocycles. The lowest BCUT2D eigenvalue weighted by Crippen LogP contribution is -1.85. The van der Waals surface area contributed by atoms with Crippen LogP contribution >= 0.6 is 11.6 Å². The van der Waals surface area contributed by atoms with E-state index in [1.165, 1.54) is 10.8 Å². The third kappa shape index (κ3) is 2.21. The van der Waals surface area contributed by atoms with Crippen molar-refractivity contribution in [2.24, 2.45) is 0 Å². The highest BCUT2D eigenvalue weighted by atomic mass is 35.5. The van der Waals surface area contributed by atoms with Gasteiger partial charge >= 0.3 is 0 Å². The van der Waals surface area contributed by atoms with Crippen molar-refractivity contribution < 1.29 is 0 Å². The van der Waals surface area contributed by atoms with Crippen LogP contribution in [0.4, 0.5) is 0 Å². The van der Waals surface area contributed by atoms with E-state index in [-0.39, 0.29) is 5.38 Å². The van der Waals surface area contributed by atoms with E-state index in [1.54, 1.807) is 0 Å². The molecule has 0 saturated heterocycles. The number of halogens is 1. The fraction of sp³-hybridized carbons (Fsp3) is 0.143. The Balaban J connectivity index is 2.46. The van der Waals surface area contributed by atoms with E-state index in [9.17, 15) is 0 Å². The van der Waals surface area contributed by atoms with Gasteiger partial charge in [0.2, 0.25) is 0 Å². The normalized spacial score (nSPS) is 13.5. The molecule has 0 aliphatic carbocycles. The van der Waals surface area contributed by atoms with Crippen LogP contribution in [-0.2, 0) is 0 Å². The maximum atomic E-state index is 6.22. The van der Waals surface area contributed by atoms with Crippen LogP contribution < -0.4 is 0 Å². The Morgan fingerprint density at radius 1 is 1.07 bits per heavy atom. The van der Waals surface area contributed by atoms with Gasteiger partial charge in [0.05, 0.1) is 5.38 Å². The van der Waals surface area contributed by atoms with Crippen LogP contribution in [0.15, 0.2) is 54.6 Å². The highest BCUT2D eigenvalue weighted by Gasteiger charge is 2.03. The molecule has 0 spiro atoms. The number of rotatable bonds is 2. The summed E-state index contributed by atoms with van der Waals surface area (Å²) in [5.41, 5.74) is 1.15. The summed E-state index contributed by atoms with van der Waals surface area (Å²) < 4.78 is 0. The first-order chi connectivity index (χ1) is 7.31. The fourth-order valence-electron chi connectivity index (χ4n) is 1.66. The molecule has 1 heteroatoms. The van der Waals surface area contributed by atoms with E-state index in [0.717, 1.165) is 5.56 Å². The lowest BCUT2D eigenvalue weighted by atomic mass is 10.0. The summed E-state index contributed by atoms with van der Waals surface area (Å²) in [6.45, 7) is 1.98. The van der Waals surface area contributed by atoms with E-state index in [1.807, 2.05) is 31.2 Å². The molecule has 1 atom stereocenters. The molecule has 76 valence electrons. The highest BCUT2D eigenvalue weighted by molar-refractivity contribution is 6.22. The van der Waals surface area contributed by atoms with Gasteiger partial charge in [0.25, 0.3) is 0 Å². The molecule has 0 aliphatic rings. The standard InChI is InChI=1S/C14H13Cl/c1-2-5-14(15)13-9-8-11-6-3-4-7-12(11)10-13/h2-10,14H,1H3. The van der Waals surface area contributed by atoms with E-state index >= 15 is 0 Å². The SMILES string of the molecule is CC=CC(Cl)c1ccc2ccccc2c1. The molecule has 0 N–H and O–H groups in total. The van der Waals surface area contributed by atoms with Crippen LogP contribution in [0.25, 0.3) is 10.8 Å². The predicted molar refractivity (Wildman–Crippen MR) is 67.4 cm³/mol. The molecule has 1 unspecified atom stereocenters. The molecule has 2 rings (SSSR count). The summed E-state index contributed by atoms with van der Waals surface area (Å²) in [4.78, 5) is 0. The Kier molecular flexibility index (Phi) is 3.08. The van der Waals surface area contributed by atoms with Crippen LogP contribution in [0, 0.1) is 0 Å². The van der Waals surface area contributed by atoms with Crippen LogP contribution in [0.2, 0.25) is 0 Å². The molecule has 0 heterocycles. The predicted octanol–water partition coefficient (Wildman–Crippen LogP) is 4.70. The Labute approximate surface area is 95.2 Å². The van der Waals surface area contributed by atoms with E-state index in [2.05, 4.69) is 30.3 Å². The highest BCUT2D eigenvalue weighted by Crippen LogP contribution is 2.25. The second kappa shape index (κ2) is 4.50. The smallest absolute Gasteiger partial charge is 0.0766 e. The number of hydrogen-bond donors (Lipinski definition) is 0. The van der Waals surface area contributed by atoms with Crippen molar-refractivity contribution in [2.45, 2.75) is 12.3 Å². The molecule has 0 amide bonds. The molecule has 0 aromatic heterocycles. The van der Waals surface area contributed by atoms with Gasteiger partial charge in [-0.05, 0) is 29.3 Å². The maximum Gasteiger partial charge on any atom is 0.0766 e. The maximum absolute atomic E-state index is 6.22. The first-order valence-corrected chi connectivity index (χ1v) is 5.50. The van der Waals surface area contributed by atoms with Crippen molar-refractivity contribution >= 4 is 22.4 Å². The third-order valence-electron chi connectivity index (χ3n) is 2.45. The Bertz CT molecular complexity index is 485. The molecular weight excluding hydrogens is 204 g/mol. The summed E-state index contributed by atoms with van der Waals surface area (Å²) in [7, 11) is 0. The summed E-state index contributed by atoms with van der Waals surface area (Å²) in [5.74, 6) is 0. The van der Waals surface area contributed by atoms with Gasteiger partial charge in [-0.15, -0.1) is 11.6 Å². The molecule has 0 nitrogen and oxygen atoms in total. The largest absolute Gasteiger partial charge is 0.113 e. The van der Waals surface area contributed by atoms with E-state index < -0.39 is 0 Å². The monoisotopic (exact) mass is 216 g/mol. The third-order valence-corrected chi connectivity index (χ3v) is 2.85. The average molecular weight is 217 g/mol. The van der Waals surface area contributed by atoms with Crippen molar-refractivity contribution in [3.63, 3.8) is 0 Å². The molecule has 0 bridgehead atoms. The topological polar surface area (TPSA) is 0 Å². The van der Waals surface area contributed by atoms with E-state index in [0.29, 0.717) is 0 Å². The lowest BCUT2D eigenvalue weighted by molar-refractivity contribution is 1.21. The lowest BCUT2D eigenvalue weighted by Gasteiger charge is -2.06. The van der Waals surface area contributed by atoms with Gasteiger partial charge in [-0.3, -0.25) is 0 Å². The zero-order valence-electron chi connectivity index (χ0n) is 8.65. The Morgan fingerprint density at radius 3 is 2.53 bits per heavy atom. The summed E-state index contributed by atoms with van der Waals surface area (Å²) in [6, 6.07) is 14.7. The second-order valence-electron chi connectivity index (χ2n) is 3.53. The number of alkyl halides is 1. The summed E-state index contributed by atoms with van der Waals surface area (Å²) in [6.07, 6.45) is 3.97.